The van der Waals surface area contributed by atoms with Gasteiger partial charge < -0.3 is 9.84 Å². The molecule has 1 heterocycles. The fourth-order valence-corrected chi connectivity index (χ4v) is 2.15. The van der Waals surface area contributed by atoms with Gasteiger partial charge in [0.1, 0.15) is 12.4 Å². The molecule has 0 bridgehead atoms. The molecule has 1 rings (SSSR count). The summed E-state index contributed by atoms with van der Waals surface area (Å²) in [6.45, 7) is 3.74. The number of rotatable bonds is 6. The lowest BCUT2D eigenvalue weighted by atomic mass is 10.1. The van der Waals surface area contributed by atoms with Crippen molar-refractivity contribution in [1.29, 1.82) is 0 Å². The minimum atomic E-state index is -0.950. The average Bonchev–Trinajstić information content (AvgIpc) is 2.74. The zero-order valence-corrected chi connectivity index (χ0v) is 11.2. The molecule has 8 heteroatoms. The Kier molecular flexibility index (Phi) is 5.14. The zero-order chi connectivity index (χ0) is 13.7. The van der Waals surface area contributed by atoms with Crippen molar-refractivity contribution in [2.75, 3.05) is 12.9 Å². The number of carboxylic acid groups (broad SMARTS) is 1. The molecule has 1 aromatic heterocycles. The summed E-state index contributed by atoms with van der Waals surface area (Å²) in [4.78, 5) is 22.2. The van der Waals surface area contributed by atoms with Crippen molar-refractivity contribution in [1.82, 2.24) is 14.8 Å². The molecule has 0 aromatic carbocycles. The number of thioether (sulfide) groups is 1. The Morgan fingerprint density at radius 3 is 2.72 bits per heavy atom. The molecule has 0 amide bonds. The molecule has 0 spiro atoms. The van der Waals surface area contributed by atoms with Gasteiger partial charge in [0.2, 0.25) is 0 Å². The fraction of sp³-hybridized carbons (Fsp3) is 0.600. The third kappa shape index (κ3) is 3.46. The maximum Gasteiger partial charge on any atom is 0.329 e. The van der Waals surface area contributed by atoms with Crippen LogP contribution in [-0.2, 0) is 14.3 Å². The summed E-state index contributed by atoms with van der Waals surface area (Å²) < 4.78 is 6.28. The van der Waals surface area contributed by atoms with E-state index in [4.69, 9.17) is 9.84 Å². The summed E-state index contributed by atoms with van der Waals surface area (Å²) in [5, 5.41) is 16.6. The number of hydrogen-bond donors (Lipinski definition) is 1. The third-order valence-electron chi connectivity index (χ3n) is 2.24. The topological polar surface area (TPSA) is 94.3 Å². The van der Waals surface area contributed by atoms with E-state index in [1.165, 1.54) is 13.4 Å². The van der Waals surface area contributed by atoms with Crippen molar-refractivity contribution in [3.8, 4) is 0 Å². The van der Waals surface area contributed by atoms with E-state index in [9.17, 15) is 9.59 Å². The molecule has 100 valence electrons. The number of carboxylic acids is 1. The number of carbonyl (C=O) groups is 2. The van der Waals surface area contributed by atoms with Crippen LogP contribution >= 0.6 is 11.8 Å². The van der Waals surface area contributed by atoms with Gasteiger partial charge in [-0.15, -0.1) is 10.2 Å². The first-order valence-corrected chi connectivity index (χ1v) is 6.27. The van der Waals surface area contributed by atoms with Gasteiger partial charge >= 0.3 is 11.9 Å². The summed E-state index contributed by atoms with van der Waals surface area (Å²) in [5.74, 6) is -1.50. The normalized spacial score (nSPS) is 12.4. The molecule has 0 saturated heterocycles. The summed E-state index contributed by atoms with van der Waals surface area (Å²) in [7, 11) is 1.31. The van der Waals surface area contributed by atoms with Crippen molar-refractivity contribution < 1.29 is 19.4 Å². The maximum atomic E-state index is 11.7. The smallest absolute Gasteiger partial charge is 0.329 e. The molecule has 0 radical (unpaired) electrons. The molecule has 0 saturated carbocycles. The molecule has 1 unspecified atom stereocenters. The Bertz CT molecular complexity index is 433. The van der Waals surface area contributed by atoms with Crippen LogP contribution in [0.3, 0.4) is 0 Å². The van der Waals surface area contributed by atoms with Gasteiger partial charge in [0.25, 0.3) is 0 Å². The van der Waals surface area contributed by atoms with Crippen molar-refractivity contribution in [3.05, 3.63) is 6.33 Å². The number of ether oxygens (including phenoxy) is 1. The quantitative estimate of drug-likeness (QED) is 0.605. The second-order valence-electron chi connectivity index (χ2n) is 3.92. The summed E-state index contributed by atoms with van der Waals surface area (Å²) in [5.41, 5.74) is 0. The Morgan fingerprint density at radius 2 is 2.22 bits per heavy atom. The number of aromatic nitrogens is 3. The highest BCUT2D eigenvalue weighted by atomic mass is 32.2. The predicted molar refractivity (Wildman–Crippen MR) is 64.3 cm³/mol. The Labute approximate surface area is 109 Å². The van der Waals surface area contributed by atoms with E-state index in [1.54, 1.807) is 4.57 Å². The molecular formula is C10H15N3O4S. The third-order valence-corrected chi connectivity index (χ3v) is 3.18. The predicted octanol–water partition coefficient (Wildman–Crippen LogP) is 0.825. The lowest BCUT2D eigenvalue weighted by Gasteiger charge is -2.20. The highest BCUT2D eigenvalue weighted by molar-refractivity contribution is 7.99. The summed E-state index contributed by atoms with van der Waals surface area (Å²) >= 11 is 1.02. The van der Waals surface area contributed by atoms with Gasteiger partial charge in [-0.3, -0.25) is 9.36 Å². The Hall–Kier alpha value is -1.57. The van der Waals surface area contributed by atoms with Crippen LogP contribution in [0.1, 0.15) is 19.9 Å². The largest absolute Gasteiger partial charge is 0.481 e. The first-order valence-electron chi connectivity index (χ1n) is 5.29. The van der Waals surface area contributed by atoms with Gasteiger partial charge in [0.15, 0.2) is 5.16 Å². The van der Waals surface area contributed by atoms with Crippen LogP contribution < -0.4 is 0 Å². The van der Waals surface area contributed by atoms with Crippen molar-refractivity contribution >= 4 is 23.7 Å². The van der Waals surface area contributed by atoms with Crippen molar-refractivity contribution in [2.45, 2.75) is 25.0 Å². The standard InChI is InChI=1S/C10H15N3O4S/c1-6(2)8(9(16)17-3)13-5-11-12-10(13)18-4-7(14)15/h5-6,8H,4H2,1-3H3,(H,14,15). The molecule has 1 N–H and O–H groups in total. The van der Waals surface area contributed by atoms with Crippen LogP contribution in [0.5, 0.6) is 0 Å². The van der Waals surface area contributed by atoms with E-state index >= 15 is 0 Å². The molecule has 1 atom stereocenters. The monoisotopic (exact) mass is 273 g/mol. The van der Waals surface area contributed by atoms with E-state index < -0.39 is 18.0 Å². The van der Waals surface area contributed by atoms with Gasteiger partial charge in [-0.25, -0.2) is 4.79 Å². The van der Waals surface area contributed by atoms with E-state index in [-0.39, 0.29) is 11.7 Å². The first kappa shape index (κ1) is 14.5. The minimum Gasteiger partial charge on any atom is -0.481 e. The Morgan fingerprint density at radius 1 is 1.56 bits per heavy atom. The number of nitrogens with zero attached hydrogens (tertiary/aromatic N) is 3. The number of methoxy groups -OCH3 is 1. The average molecular weight is 273 g/mol. The van der Waals surface area contributed by atoms with Gasteiger partial charge in [-0.2, -0.15) is 0 Å². The number of hydrogen-bond acceptors (Lipinski definition) is 6. The van der Waals surface area contributed by atoms with Crippen LogP contribution in [0.15, 0.2) is 11.5 Å². The molecular weight excluding hydrogens is 258 g/mol. The van der Waals surface area contributed by atoms with Gasteiger partial charge in [0.05, 0.1) is 12.9 Å². The van der Waals surface area contributed by atoms with Crippen molar-refractivity contribution in [2.24, 2.45) is 5.92 Å². The SMILES string of the molecule is COC(=O)C(C(C)C)n1cnnc1SCC(=O)O. The van der Waals surface area contributed by atoms with Gasteiger partial charge in [0, 0.05) is 0 Å². The molecule has 1 aromatic rings. The van der Waals surface area contributed by atoms with Crippen LogP contribution in [0.2, 0.25) is 0 Å². The minimum absolute atomic E-state index is 0.0161. The summed E-state index contributed by atoms with van der Waals surface area (Å²) in [6, 6.07) is -0.554. The Balaban J connectivity index is 2.95. The van der Waals surface area contributed by atoms with Crippen molar-refractivity contribution in [3.63, 3.8) is 0 Å². The number of esters is 1. The van der Waals surface area contributed by atoms with Gasteiger partial charge in [-0.05, 0) is 5.92 Å². The van der Waals surface area contributed by atoms with Crippen LogP contribution in [0.25, 0.3) is 0 Å². The lowest BCUT2D eigenvalue weighted by Crippen LogP contribution is -2.26. The fourth-order valence-electron chi connectivity index (χ4n) is 1.48. The maximum absolute atomic E-state index is 11.7. The van der Waals surface area contributed by atoms with Crippen LogP contribution in [0.4, 0.5) is 0 Å². The molecule has 0 aliphatic carbocycles. The lowest BCUT2D eigenvalue weighted by molar-refractivity contribution is -0.146. The molecule has 0 fully saturated rings. The van der Waals surface area contributed by atoms with E-state index in [0.29, 0.717) is 5.16 Å². The van der Waals surface area contributed by atoms with Gasteiger partial charge in [-0.1, -0.05) is 25.6 Å². The van der Waals surface area contributed by atoms with E-state index in [2.05, 4.69) is 10.2 Å². The van der Waals surface area contributed by atoms with Crippen LogP contribution in [0, 0.1) is 5.92 Å². The second kappa shape index (κ2) is 6.39. The van der Waals surface area contributed by atoms with E-state index in [1.807, 2.05) is 13.8 Å². The zero-order valence-electron chi connectivity index (χ0n) is 10.4. The molecule has 0 aliphatic rings. The molecule has 7 nitrogen and oxygen atoms in total. The number of carbonyl (C=O) groups excluding carboxylic acids is 1. The van der Waals surface area contributed by atoms with E-state index in [0.717, 1.165) is 11.8 Å². The highest BCUT2D eigenvalue weighted by Crippen LogP contribution is 2.25. The first-order chi connectivity index (χ1) is 8.47. The summed E-state index contributed by atoms with van der Waals surface area (Å²) in [6.07, 6.45) is 1.41. The van der Waals surface area contributed by atoms with Crippen LogP contribution in [-0.4, -0.2) is 44.7 Å². The molecule has 0 aliphatic heterocycles. The number of aliphatic carboxylic acids is 1. The molecule has 18 heavy (non-hydrogen) atoms. The highest BCUT2D eigenvalue weighted by Gasteiger charge is 2.27. The second-order valence-corrected chi connectivity index (χ2v) is 4.86.